The number of hydrogen-bond donors (Lipinski definition) is 1. The highest BCUT2D eigenvalue weighted by atomic mass is 16.6. The largest absolute Gasteiger partial charge is 0.462 e. The normalized spacial score (nSPS) is 12.6. The molecule has 1 N–H and O–H groups in total. The Hall–Kier alpha value is -2.14. The zero-order valence-electron chi connectivity index (χ0n) is 32.2. The highest BCUT2D eigenvalue weighted by molar-refractivity contribution is 5.70. The first-order valence-corrected chi connectivity index (χ1v) is 20.7. The second-order valence-electron chi connectivity index (χ2n) is 13.7. The fraction of sp³-hybridized carbons (Fsp3) is 0.773. The number of allylic oxidation sites excluding steroid dienone is 8. The molecule has 0 aromatic rings. The molecule has 284 valence electrons. The molecule has 0 amide bonds. The highest BCUT2D eigenvalue weighted by Crippen LogP contribution is 2.15. The van der Waals surface area contributed by atoms with E-state index in [0.717, 1.165) is 44.9 Å². The molecule has 0 aliphatic rings. The van der Waals surface area contributed by atoms with E-state index in [2.05, 4.69) is 62.5 Å². The van der Waals surface area contributed by atoms with Crippen molar-refractivity contribution in [1.29, 1.82) is 0 Å². The summed E-state index contributed by atoms with van der Waals surface area (Å²) in [5, 5.41) is 9.56. The van der Waals surface area contributed by atoms with Gasteiger partial charge in [0.25, 0.3) is 0 Å². The molecule has 0 aromatic carbocycles. The molecule has 0 spiro atoms. The van der Waals surface area contributed by atoms with Crippen molar-refractivity contribution in [1.82, 2.24) is 0 Å². The van der Waals surface area contributed by atoms with Crippen molar-refractivity contribution in [3.63, 3.8) is 0 Å². The van der Waals surface area contributed by atoms with Crippen molar-refractivity contribution in [2.24, 2.45) is 0 Å². The third-order valence-electron chi connectivity index (χ3n) is 8.88. The lowest BCUT2D eigenvalue weighted by atomic mass is 10.0. The van der Waals surface area contributed by atoms with Crippen LogP contribution in [0.4, 0.5) is 0 Å². The first-order chi connectivity index (χ1) is 24.1. The molecular formula is C44H78O5. The van der Waals surface area contributed by atoms with Gasteiger partial charge in [-0.05, 0) is 51.4 Å². The highest BCUT2D eigenvalue weighted by Gasteiger charge is 2.16. The Morgan fingerprint density at radius 2 is 0.837 bits per heavy atom. The number of hydrogen-bond acceptors (Lipinski definition) is 5. The number of aliphatic hydroxyl groups excluding tert-OH is 1. The van der Waals surface area contributed by atoms with Gasteiger partial charge in [-0.25, -0.2) is 0 Å². The van der Waals surface area contributed by atoms with Crippen molar-refractivity contribution >= 4 is 11.9 Å². The standard InChI is InChI=1S/C44H78O5/c1-3-5-7-9-11-13-15-17-19-21-23-25-27-29-31-33-35-37-39-44(47)49-42(40-45)41-48-43(46)38-36-34-32-30-28-26-24-22-20-18-16-14-12-10-8-6-4-2/h12,14,18,20,24,26,30,32,42,45H,3-11,13,15-17,19,21-23,25,27-29,31,33-41H2,1-2H3/b14-12+,20-18+,26-24+,32-30+/t42-/m0/s1. The lowest BCUT2D eigenvalue weighted by molar-refractivity contribution is -0.161. The van der Waals surface area contributed by atoms with Crippen LogP contribution in [0.5, 0.6) is 0 Å². The molecule has 5 heteroatoms. The molecule has 0 radical (unpaired) electrons. The van der Waals surface area contributed by atoms with Gasteiger partial charge in [-0.1, -0.05) is 184 Å². The quantitative estimate of drug-likeness (QED) is 0.0400. The second-order valence-corrected chi connectivity index (χ2v) is 13.7. The van der Waals surface area contributed by atoms with E-state index in [-0.39, 0.29) is 25.2 Å². The van der Waals surface area contributed by atoms with Crippen molar-refractivity contribution in [2.75, 3.05) is 13.2 Å². The summed E-state index contributed by atoms with van der Waals surface area (Å²) in [6.07, 6.45) is 50.4. The summed E-state index contributed by atoms with van der Waals surface area (Å²) in [4.78, 5) is 24.3. The minimum Gasteiger partial charge on any atom is -0.462 e. The molecule has 0 aliphatic heterocycles. The Bertz CT molecular complexity index is 827. The Balaban J connectivity index is 3.62. The van der Waals surface area contributed by atoms with Crippen LogP contribution in [-0.4, -0.2) is 36.4 Å². The smallest absolute Gasteiger partial charge is 0.306 e. The van der Waals surface area contributed by atoms with Crippen LogP contribution in [0.25, 0.3) is 0 Å². The minimum atomic E-state index is -0.791. The van der Waals surface area contributed by atoms with Crippen LogP contribution in [0.2, 0.25) is 0 Å². The van der Waals surface area contributed by atoms with Crippen molar-refractivity contribution in [3.05, 3.63) is 48.6 Å². The maximum Gasteiger partial charge on any atom is 0.306 e. The summed E-state index contributed by atoms with van der Waals surface area (Å²) in [7, 11) is 0. The molecular weight excluding hydrogens is 608 g/mol. The van der Waals surface area contributed by atoms with Crippen molar-refractivity contribution < 1.29 is 24.2 Å². The van der Waals surface area contributed by atoms with Crippen molar-refractivity contribution in [3.8, 4) is 0 Å². The predicted octanol–water partition coefficient (Wildman–Crippen LogP) is 13.0. The van der Waals surface area contributed by atoms with Gasteiger partial charge in [0.05, 0.1) is 6.61 Å². The lowest BCUT2D eigenvalue weighted by Crippen LogP contribution is -2.28. The summed E-state index contributed by atoms with van der Waals surface area (Å²) < 4.78 is 10.6. The number of carbonyl (C=O) groups is 2. The molecule has 5 nitrogen and oxygen atoms in total. The van der Waals surface area contributed by atoms with E-state index in [1.807, 2.05) is 0 Å². The second kappa shape index (κ2) is 40.3. The maximum atomic E-state index is 12.2. The molecule has 0 aromatic heterocycles. The van der Waals surface area contributed by atoms with E-state index < -0.39 is 6.10 Å². The fourth-order valence-electron chi connectivity index (χ4n) is 5.72. The molecule has 49 heavy (non-hydrogen) atoms. The van der Waals surface area contributed by atoms with Gasteiger partial charge in [-0.2, -0.15) is 0 Å². The first kappa shape index (κ1) is 46.9. The van der Waals surface area contributed by atoms with E-state index in [0.29, 0.717) is 19.3 Å². The SMILES string of the molecule is CCCCC/C=C/C/C=C/C/C=C/C/C=C/CCCC(=O)OC[C@H](CO)OC(=O)CCCCCCCCCCCCCCCCCCCC. The van der Waals surface area contributed by atoms with Crippen LogP contribution < -0.4 is 0 Å². The van der Waals surface area contributed by atoms with E-state index in [1.54, 1.807) is 0 Å². The molecule has 1 atom stereocenters. The number of unbranched alkanes of at least 4 members (excludes halogenated alkanes) is 21. The zero-order chi connectivity index (χ0) is 35.7. The minimum absolute atomic E-state index is 0.0927. The van der Waals surface area contributed by atoms with Crippen LogP contribution >= 0.6 is 0 Å². The summed E-state index contributed by atoms with van der Waals surface area (Å²) in [5.74, 6) is -0.652. The summed E-state index contributed by atoms with van der Waals surface area (Å²) in [6.45, 7) is 4.07. The van der Waals surface area contributed by atoms with Gasteiger partial charge in [-0.15, -0.1) is 0 Å². The van der Waals surface area contributed by atoms with E-state index in [9.17, 15) is 14.7 Å². The molecule has 0 rings (SSSR count). The predicted molar refractivity (Wildman–Crippen MR) is 210 cm³/mol. The Kier molecular flexibility index (Phi) is 38.5. The van der Waals surface area contributed by atoms with Gasteiger partial charge in [0.15, 0.2) is 6.10 Å². The van der Waals surface area contributed by atoms with Crippen LogP contribution in [0.3, 0.4) is 0 Å². The lowest BCUT2D eigenvalue weighted by Gasteiger charge is -2.15. The first-order valence-electron chi connectivity index (χ1n) is 20.7. The van der Waals surface area contributed by atoms with Crippen LogP contribution in [0, 0.1) is 0 Å². The molecule has 0 aliphatic carbocycles. The van der Waals surface area contributed by atoms with Crippen LogP contribution in [-0.2, 0) is 19.1 Å². The average Bonchev–Trinajstić information content (AvgIpc) is 3.10. The van der Waals surface area contributed by atoms with E-state index in [1.165, 1.54) is 122 Å². The Morgan fingerprint density at radius 1 is 0.469 bits per heavy atom. The molecule has 0 bridgehead atoms. The van der Waals surface area contributed by atoms with Gasteiger partial charge in [0, 0.05) is 12.8 Å². The topological polar surface area (TPSA) is 72.8 Å². The number of ether oxygens (including phenoxy) is 2. The van der Waals surface area contributed by atoms with Crippen LogP contribution in [0.15, 0.2) is 48.6 Å². The Morgan fingerprint density at radius 3 is 1.29 bits per heavy atom. The van der Waals surface area contributed by atoms with Gasteiger partial charge >= 0.3 is 11.9 Å². The third-order valence-corrected chi connectivity index (χ3v) is 8.88. The molecule has 0 saturated carbocycles. The molecule has 0 unspecified atom stereocenters. The molecule has 0 saturated heterocycles. The third kappa shape index (κ3) is 38.5. The monoisotopic (exact) mass is 687 g/mol. The summed E-state index contributed by atoms with van der Waals surface area (Å²) in [6, 6.07) is 0. The fourth-order valence-corrected chi connectivity index (χ4v) is 5.72. The van der Waals surface area contributed by atoms with Crippen molar-refractivity contribution in [2.45, 2.75) is 206 Å². The van der Waals surface area contributed by atoms with Gasteiger partial charge in [-0.3, -0.25) is 9.59 Å². The van der Waals surface area contributed by atoms with E-state index >= 15 is 0 Å². The van der Waals surface area contributed by atoms with E-state index in [4.69, 9.17) is 9.47 Å². The van der Waals surface area contributed by atoms with Crippen LogP contribution in [0.1, 0.15) is 200 Å². The number of esters is 2. The summed E-state index contributed by atoms with van der Waals surface area (Å²) >= 11 is 0. The average molecular weight is 687 g/mol. The number of aliphatic hydroxyl groups is 1. The number of carbonyl (C=O) groups excluding carboxylic acids is 2. The van der Waals surface area contributed by atoms with Gasteiger partial charge < -0.3 is 14.6 Å². The number of rotatable bonds is 37. The summed E-state index contributed by atoms with van der Waals surface area (Å²) in [5.41, 5.74) is 0. The Labute approximate surface area is 303 Å². The van der Waals surface area contributed by atoms with Gasteiger partial charge in [0.1, 0.15) is 6.61 Å². The molecule has 0 heterocycles. The maximum absolute atomic E-state index is 12.2. The van der Waals surface area contributed by atoms with Gasteiger partial charge in [0.2, 0.25) is 0 Å². The molecule has 0 fully saturated rings. The zero-order valence-corrected chi connectivity index (χ0v) is 32.2.